The number of rotatable bonds is 5. The lowest BCUT2D eigenvalue weighted by atomic mass is 10.2. The number of aliphatic carboxylic acids is 1. The van der Waals surface area contributed by atoms with E-state index in [-0.39, 0.29) is 5.75 Å². The van der Waals surface area contributed by atoms with Crippen molar-refractivity contribution in [3.8, 4) is 17.1 Å². The van der Waals surface area contributed by atoms with Gasteiger partial charge in [0.05, 0.1) is 17.3 Å². The van der Waals surface area contributed by atoms with Crippen LogP contribution in [0.25, 0.3) is 11.4 Å². The minimum absolute atomic E-state index is 0.123. The second-order valence-electron chi connectivity index (χ2n) is 3.71. The van der Waals surface area contributed by atoms with Crippen LogP contribution in [0, 0.1) is 0 Å². The van der Waals surface area contributed by atoms with E-state index < -0.39 is 5.97 Å². The summed E-state index contributed by atoms with van der Waals surface area (Å²) in [6, 6.07) is 5.37. The van der Waals surface area contributed by atoms with Crippen molar-refractivity contribution in [2.24, 2.45) is 0 Å². The largest absolute Gasteiger partial charge is 0.496 e. The number of carbonyl (C=O) groups is 1. The summed E-state index contributed by atoms with van der Waals surface area (Å²) in [5, 5.41) is 16.8. The number of hydrogen-bond acceptors (Lipinski definition) is 6. The Bertz CT molecular complexity index is 647. The Morgan fingerprint density at radius 1 is 1.55 bits per heavy atom. The number of nitrogen functional groups attached to an aromatic ring is 1. The molecule has 0 aliphatic carbocycles. The molecule has 0 bridgehead atoms. The molecule has 9 heteroatoms. The summed E-state index contributed by atoms with van der Waals surface area (Å²) in [5.74, 6) is 5.95. The predicted molar refractivity (Wildman–Crippen MR) is 78.2 cm³/mol. The maximum absolute atomic E-state index is 10.5. The maximum Gasteiger partial charge on any atom is 0.313 e. The van der Waals surface area contributed by atoms with Gasteiger partial charge in [0.25, 0.3) is 0 Å². The van der Waals surface area contributed by atoms with Gasteiger partial charge in [0.15, 0.2) is 5.82 Å². The molecule has 106 valence electrons. The molecule has 2 aromatic rings. The lowest BCUT2D eigenvalue weighted by Crippen LogP contribution is -2.12. The van der Waals surface area contributed by atoms with Gasteiger partial charge < -0.3 is 15.7 Å². The van der Waals surface area contributed by atoms with Gasteiger partial charge in [-0.15, -0.1) is 10.2 Å². The van der Waals surface area contributed by atoms with E-state index in [0.717, 1.165) is 21.8 Å². The number of nitrogens with zero attached hydrogens (tertiary/aromatic N) is 3. The molecule has 7 nitrogen and oxygen atoms in total. The smallest absolute Gasteiger partial charge is 0.313 e. The Hall–Kier alpha value is -1.74. The molecule has 0 amide bonds. The highest BCUT2D eigenvalue weighted by Gasteiger charge is 2.14. The summed E-state index contributed by atoms with van der Waals surface area (Å²) in [4.78, 5) is 10.5. The normalized spacial score (nSPS) is 10.5. The number of methoxy groups -OCH3 is 1. The van der Waals surface area contributed by atoms with Crippen molar-refractivity contribution < 1.29 is 14.6 Å². The molecular weight excluding hydrogens is 348 g/mol. The van der Waals surface area contributed by atoms with Crippen LogP contribution in [0.2, 0.25) is 0 Å². The highest BCUT2D eigenvalue weighted by Crippen LogP contribution is 2.30. The summed E-state index contributed by atoms with van der Waals surface area (Å²) in [6.07, 6.45) is 0. The Labute approximate surface area is 127 Å². The van der Waals surface area contributed by atoms with Crippen molar-refractivity contribution in [1.82, 2.24) is 14.9 Å². The van der Waals surface area contributed by atoms with E-state index in [1.54, 1.807) is 25.3 Å². The fraction of sp³-hybridized carbons (Fsp3) is 0.182. The number of nitrogens with two attached hydrogens (primary N) is 1. The molecule has 0 aliphatic heterocycles. The lowest BCUT2D eigenvalue weighted by Gasteiger charge is -2.06. The lowest BCUT2D eigenvalue weighted by molar-refractivity contribution is -0.133. The number of aromatic nitrogens is 3. The summed E-state index contributed by atoms with van der Waals surface area (Å²) in [5.41, 5.74) is 0.745. The molecule has 0 atom stereocenters. The molecule has 0 saturated carbocycles. The third-order valence-corrected chi connectivity index (χ3v) is 3.95. The number of hydrogen-bond donors (Lipinski definition) is 2. The van der Waals surface area contributed by atoms with Crippen LogP contribution in [0.3, 0.4) is 0 Å². The molecule has 0 saturated heterocycles. The van der Waals surface area contributed by atoms with E-state index in [0.29, 0.717) is 16.7 Å². The summed E-state index contributed by atoms with van der Waals surface area (Å²) < 4.78 is 7.18. The molecule has 1 aromatic carbocycles. The van der Waals surface area contributed by atoms with Crippen molar-refractivity contribution in [2.75, 3.05) is 18.7 Å². The van der Waals surface area contributed by atoms with Crippen LogP contribution in [-0.2, 0) is 4.79 Å². The number of ether oxygens (including phenoxy) is 1. The van der Waals surface area contributed by atoms with Crippen molar-refractivity contribution in [1.29, 1.82) is 0 Å². The quantitative estimate of drug-likeness (QED) is 0.617. The molecule has 0 spiro atoms. The number of halogens is 1. The number of carboxylic acids is 1. The van der Waals surface area contributed by atoms with Gasteiger partial charge in [0.2, 0.25) is 5.16 Å². The highest BCUT2D eigenvalue weighted by molar-refractivity contribution is 9.10. The Morgan fingerprint density at radius 2 is 2.30 bits per heavy atom. The van der Waals surface area contributed by atoms with Crippen LogP contribution in [-0.4, -0.2) is 38.8 Å². The van der Waals surface area contributed by atoms with E-state index in [9.17, 15) is 4.79 Å². The van der Waals surface area contributed by atoms with E-state index in [1.165, 1.54) is 4.68 Å². The van der Waals surface area contributed by atoms with E-state index in [1.807, 2.05) is 0 Å². The molecule has 0 radical (unpaired) electrons. The van der Waals surface area contributed by atoms with Crippen LogP contribution >= 0.6 is 27.7 Å². The maximum atomic E-state index is 10.5. The minimum Gasteiger partial charge on any atom is -0.496 e. The molecule has 1 aromatic heterocycles. The average molecular weight is 359 g/mol. The highest BCUT2D eigenvalue weighted by atomic mass is 79.9. The van der Waals surface area contributed by atoms with Crippen molar-refractivity contribution in [2.45, 2.75) is 5.16 Å². The fourth-order valence-electron chi connectivity index (χ4n) is 1.50. The van der Waals surface area contributed by atoms with Crippen molar-refractivity contribution in [3.63, 3.8) is 0 Å². The first-order chi connectivity index (χ1) is 9.52. The SMILES string of the molecule is COc1ccc(-c2nnc(SCC(=O)O)n2N)cc1Br. The molecule has 2 rings (SSSR count). The minimum atomic E-state index is -0.938. The second kappa shape index (κ2) is 6.14. The standard InChI is InChI=1S/C11H11BrN4O3S/c1-19-8-3-2-6(4-7(8)12)10-14-15-11(16(10)13)20-5-9(17)18/h2-4H,5,13H2,1H3,(H,17,18). The molecule has 1 heterocycles. The molecule has 0 unspecified atom stereocenters. The van der Waals surface area contributed by atoms with Gasteiger partial charge in [-0.3, -0.25) is 4.79 Å². The van der Waals surface area contributed by atoms with Crippen LogP contribution in [0.5, 0.6) is 5.75 Å². The van der Waals surface area contributed by atoms with Gasteiger partial charge in [-0.05, 0) is 34.1 Å². The molecule has 0 fully saturated rings. The van der Waals surface area contributed by atoms with E-state index in [4.69, 9.17) is 15.7 Å². The van der Waals surface area contributed by atoms with Gasteiger partial charge in [0, 0.05) is 5.56 Å². The summed E-state index contributed by atoms with van der Waals surface area (Å²) in [6.45, 7) is 0. The fourth-order valence-corrected chi connectivity index (χ4v) is 2.62. The first-order valence-electron chi connectivity index (χ1n) is 5.42. The van der Waals surface area contributed by atoms with Gasteiger partial charge in [-0.1, -0.05) is 11.8 Å². The molecular formula is C11H11BrN4O3S. The van der Waals surface area contributed by atoms with Crippen LogP contribution in [0.15, 0.2) is 27.8 Å². The Balaban J connectivity index is 2.29. The monoisotopic (exact) mass is 358 g/mol. The number of benzene rings is 1. The first-order valence-corrected chi connectivity index (χ1v) is 7.19. The molecule has 0 aliphatic rings. The first kappa shape index (κ1) is 14.7. The van der Waals surface area contributed by atoms with Gasteiger partial charge >= 0.3 is 5.97 Å². The van der Waals surface area contributed by atoms with Crippen LogP contribution in [0.1, 0.15) is 0 Å². The molecule has 3 N–H and O–H groups in total. The van der Waals surface area contributed by atoms with Crippen LogP contribution in [0.4, 0.5) is 0 Å². The average Bonchev–Trinajstić information content (AvgIpc) is 2.77. The van der Waals surface area contributed by atoms with Crippen LogP contribution < -0.4 is 10.6 Å². The van der Waals surface area contributed by atoms with E-state index >= 15 is 0 Å². The zero-order valence-corrected chi connectivity index (χ0v) is 12.8. The Kier molecular flexibility index (Phi) is 4.50. The van der Waals surface area contributed by atoms with Crippen molar-refractivity contribution >= 4 is 33.7 Å². The zero-order chi connectivity index (χ0) is 14.7. The number of carboxylic acid groups (broad SMARTS) is 1. The zero-order valence-electron chi connectivity index (χ0n) is 10.4. The third kappa shape index (κ3) is 3.05. The third-order valence-electron chi connectivity index (χ3n) is 2.40. The van der Waals surface area contributed by atoms with E-state index in [2.05, 4.69) is 26.1 Å². The summed E-state index contributed by atoms with van der Waals surface area (Å²) >= 11 is 4.39. The molecule has 20 heavy (non-hydrogen) atoms. The predicted octanol–water partition coefficient (Wildman–Crippen LogP) is 1.61. The van der Waals surface area contributed by atoms with Gasteiger partial charge in [-0.25, -0.2) is 4.68 Å². The number of thioether (sulfide) groups is 1. The summed E-state index contributed by atoms with van der Waals surface area (Å²) in [7, 11) is 1.58. The Morgan fingerprint density at radius 3 is 2.90 bits per heavy atom. The van der Waals surface area contributed by atoms with Gasteiger partial charge in [0.1, 0.15) is 5.75 Å². The van der Waals surface area contributed by atoms with Gasteiger partial charge in [-0.2, -0.15) is 0 Å². The second-order valence-corrected chi connectivity index (χ2v) is 5.50. The topological polar surface area (TPSA) is 103 Å². The van der Waals surface area contributed by atoms with Crippen molar-refractivity contribution in [3.05, 3.63) is 22.7 Å².